The van der Waals surface area contributed by atoms with Gasteiger partial charge in [0, 0.05) is 0 Å². The number of carbonyl (C=O) groups excluding carboxylic acids is 2. The molecule has 0 aromatic heterocycles. The van der Waals surface area contributed by atoms with E-state index in [0.29, 0.717) is 28.6 Å². The first-order valence-electron chi connectivity index (χ1n) is 12.2. The zero-order chi connectivity index (χ0) is 28.3. The van der Waals surface area contributed by atoms with Crippen LogP contribution in [-0.4, -0.2) is 46.0 Å². The molecule has 0 atom stereocenters. The number of rotatable bonds is 11. The summed E-state index contributed by atoms with van der Waals surface area (Å²) in [4.78, 5) is 24.9. The normalized spacial score (nSPS) is 10.6. The van der Waals surface area contributed by atoms with Crippen LogP contribution in [-0.2, 0) is 4.79 Å². The number of hydrogen-bond donors (Lipinski definition) is 1. The van der Waals surface area contributed by atoms with Crippen LogP contribution in [0.5, 0.6) is 28.7 Å². The number of methoxy groups -OCH3 is 3. The number of carbonyl (C=O) groups is 2. The Labute approximate surface area is 231 Å². The van der Waals surface area contributed by atoms with Crippen molar-refractivity contribution in [2.75, 3.05) is 27.9 Å². The second kappa shape index (κ2) is 13.5. The predicted molar refractivity (Wildman–Crippen MR) is 151 cm³/mol. The number of esters is 1. The first kappa shape index (κ1) is 27.7. The fraction of sp³-hybridized carbons (Fsp3) is 0.129. The largest absolute Gasteiger partial charge is 0.493 e. The Balaban J connectivity index is 1.30. The van der Waals surface area contributed by atoms with Crippen LogP contribution in [0.3, 0.4) is 0 Å². The van der Waals surface area contributed by atoms with Crippen LogP contribution in [0.1, 0.15) is 15.9 Å². The maximum atomic E-state index is 12.8. The molecule has 0 heterocycles. The van der Waals surface area contributed by atoms with Crippen molar-refractivity contribution in [2.45, 2.75) is 0 Å². The van der Waals surface area contributed by atoms with E-state index in [-0.39, 0.29) is 17.9 Å². The smallest absolute Gasteiger partial charge is 0.343 e. The Morgan fingerprint density at radius 3 is 2.08 bits per heavy atom. The topological polar surface area (TPSA) is 105 Å². The van der Waals surface area contributed by atoms with Crippen molar-refractivity contribution >= 4 is 18.1 Å². The number of benzene rings is 4. The first-order valence-corrected chi connectivity index (χ1v) is 12.2. The second-order valence-corrected chi connectivity index (χ2v) is 8.35. The minimum Gasteiger partial charge on any atom is -0.493 e. The third-order valence-corrected chi connectivity index (χ3v) is 5.70. The molecule has 0 unspecified atom stereocenters. The lowest BCUT2D eigenvalue weighted by atomic mass is 10.1. The Hall–Kier alpha value is -5.31. The molecule has 0 radical (unpaired) electrons. The van der Waals surface area contributed by atoms with E-state index in [9.17, 15) is 9.59 Å². The number of amides is 1. The fourth-order valence-corrected chi connectivity index (χ4v) is 3.76. The van der Waals surface area contributed by atoms with Crippen LogP contribution < -0.4 is 29.1 Å². The summed E-state index contributed by atoms with van der Waals surface area (Å²) in [7, 11) is 4.40. The quantitative estimate of drug-likeness (QED) is 0.122. The van der Waals surface area contributed by atoms with E-state index in [4.69, 9.17) is 23.7 Å². The van der Waals surface area contributed by atoms with Gasteiger partial charge in [-0.2, -0.15) is 5.10 Å². The Bertz CT molecular complexity index is 1460. The molecule has 1 N–H and O–H groups in total. The van der Waals surface area contributed by atoms with Crippen molar-refractivity contribution in [3.8, 4) is 39.9 Å². The lowest BCUT2D eigenvalue weighted by Gasteiger charge is -2.13. The molecule has 4 rings (SSSR count). The number of hydrogen-bond acceptors (Lipinski definition) is 8. The highest BCUT2D eigenvalue weighted by Gasteiger charge is 2.18. The van der Waals surface area contributed by atoms with Crippen LogP contribution in [0, 0.1) is 0 Å². The lowest BCUT2D eigenvalue weighted by Crippen LogP contribution is -2.24. The van der Waals surface area contributed by atoms with E-state index >= 15 is 0 Å². The average Bonchev–Trinajstić information content (AvgIpc) is 3.00. The van der Waals surface area contributed by atoms with Crippen LogP contribution in [0.25, 0.3) is 11.1 Å². The maximum absolute atomic E-state index is 12.8. The second-order valence-electron chi connectivity index (χ2n) is 8.35. The van der Waals surface area contributed by atoms with Gasteiger partial charge in [-0.3, -0.25) is 4.79 Å². The van der Waals surface area contributed by atoms with E-state index in [1.807, 2.05) is 54.6 Å². The van der Waals surface area contributed by atoms with E-state index < -0.39 is 11.9 Å². The number of nitrogens with one attached hydrogen (secondary N) is 1. The molecule has 0 saturated heterocycles. The summed E-state index contributed by atoms with van der Waals surface area (Å²) < 4.78 is 26.9. The van der Waals surface area contributed by atoms with Gasteiger partial charge in [0.2, 0.25) is 5.75 Å². The average molecular weight is 541 g/mol. The van der Waals surface area contributed by atoms with Gasteiger partial charge < -0.3 is 23.7 Å². The highest BCUT2D eigenvalue weighted by Crippen LogP contribution is 2.38. The van der Waals surface area contributed by atoms with E-state index in [1.165, 1.54) is 39.7 Å². The van der Waals surface area contributed by atoms with Crippen molar-refractivity contribution < 1.29 is 33.3 Å². The molecular weight excluding hydrogens is 512 g/mol. The van der Waals surface area contributed by atoms with Gasteiger partial charge in [0.05, 0.1) is 33.1 Å². The molecule has 1 amide bonds. The van der Waals surface area contributed by atoms with E-state index in [1.54, 1.807) is 24.3 Å². The van der Waals surface area contributed by atoms with Crippen molar-refractivity contribution in [3.05, 3.63) is 102 Å². The first-order chi connectivity index (χ1) is 19.5. The summed E-state index contributed by atoms with van der Waals surface area (Å²) in [6.45, 7) is -0.200. The Kier molecular flexibility index (Phi) is 9.34. The van der Waals surface area contributed by atoms with Crippen molar-refractivity contribution in [3.63, 3.8) is 0 Å². The molecule has 0 aliphatic heterocycles. The number of ether oxygens (including phenoxy) is 5. The van der Waals surface area contributed by atoms with Crippen LogP contribution in [0.4, 0.5) is 0 Å². The molecule has 0 aliphatic rings. The maximum Gasteiger partial charge on any atom is 0.343 e. The zero-order valence-electron chi connectivity index (χ0n) is 22.2. The van der Waals surface area contributed by atoms with Gasteiger partial charge in [-0.15, -0.1) is 0 Å². The standard InChI is InChI=1S/C31H28N2O7/c1-36-27-17-24(18-28(37-2)30(27)38-3)31(35)40-26-11-7-8-21(16-26)19-32-33-29(34)20-39-25-14-12-23(13-15-25)22-9-5-4-6-10-22/h4-19H,20H2,1-3H3,(H,33,34)/b32-19-. The molecule has 40 heavy (non-hydrogen) atoms. The molecular formula is C31H28N2O7. The summed E-state index contributed by atoms with van der Waals surface area (Å²) in [5, 5.41) is 3.96. The summed E-state index contributed by atoms with van der Waals surface area (Å²) >= 11 is 0. The minimum absolute atomic E-state index is 0.200. The van der Waals surface area contributed by atoms with Crippen molar-refractivity contribution in [1.82, 2.24) is 5.43 Å². The number of nitrogens with zero attached hydrogens (tertiary/aromatic N) is 1. The van der Waals surface area contributed by atoms with Gasteiger partial charge in [-0.05, 0) is 53.1 Å². The SMILES string of the molecule is COc1cc(C(=O)Oc2cccc(/C=N\NC(=O)COc3ccc(-c4ccccc4)cc3)c2)cc(OC)c1OC. The lowest BCUT2D eigenvalue weighted by molar-refractivity contribution is -0.123. The molecule has 0 aliphatic carbocycles. The molecule has 0 spiro atoms. The van der Waals surface area contributed by atoms with Crippen LogP contribution >= 0.6 is 0 Å². The Morgan fingerprint density at radius 1 is 0.750 bits per heavy atom. The fourth-order valence-electron chi connectivity index (χ4n) is 3.76. The van der Waals surface area contributed by atoms with Gasteiger partial charge >= 0.3 is 5.97 Å². The summed E-state index contributed by atoms with van der Waals surface area (Å²) in [5.41, 5.74) is 5.39. The predicted octanol–water partition coefficient (Wildman–Crippen LogP) is 5.13. The molecule has 0 fully saturated rings. The summed E-state index contributed by atoms with van der Waals surface area (Å²) in [6, 6.07) is 27.1. The van der Waals surface area contributed by atoms with E-state index in [0.717, 1.165) is 11.1 Å². The highest BCUT2D eigenvalue weighted by molar-refractivity contribution is 5.93. The van der Waals surface area contributed by atoms with Gasteiger partial charge in [0.15, 0.2) is 18.1 Å². The molecule has 4 aromatic carbocycles. The van der Waals surface area contributed by atoms with Gasteiger partial charge in [0.1, 0.15) is 11.5 Å². The summed E-state index contributed by atoms with van der Waals surface area (Å²) in [5.74, 6) is 0.853. The van der Waals surface area contributed by atoms with E-state index in [2.05, 4.69) is 10.5 Å². The molecule has 4 aromatic rings. The van der Waals surface area contributed by atoms with Crippen molar-refractivity contribution in [2.24, 2.45) is 5.10 Å². The molecule has 204 valence electrons. The summed E-state index contributed by atoms with van der Waals surface area (Å²) in [6.07, 6.45) is 1.43. The Morgan fingerprint density at radius 2 is 1.43 bits per heavy atom. The van der Waals surface area contributed by atoms with Crippen LogP contribution in [0.2, 0.25) is 0 Å². The molecule has 9 nitrogen and oxygen atoms in total. The monoisotopic (exact) mass is 540 g/mol. The number of hydrazone groups is 1. The molecule has 0 saturated carbocycles. The molecule has 0 bridgehead atoms. The van der Waals surface area contributed by atoms with Crippen LogP contribution in [0.15, 0.2) is 96.1 Å². The minimum atomic E-state index is -0.615. The third-order valence-electron chi connectivity index (χ3n) is 5.70. The van der Waals surface area contributed by atoms with Gasteiger partial charge in [0.25, 0.3) is 5.91 Å². The highest BCUT2D eigenvalue weighted by atomic mass is 16.5. The van der Waals surface area contributed by atoms with Gasteiger partial charge in [-0.25, -0.2) is 10.2 Å². The third kappa shape index (κ3) is 7.16. The zero-order valence-corrected chi connectivity index (χ0v) is 22.2. The van der Waals surface area contributed by atoms with Crippen molar-refractivity contribution in [1.29, 1.82) is 0 Å². The van der Waals surface area contributed by atoms with Gasteiger partial charge in [-0.1, -0.05) is 54.6 Å². The molecule has 9 heteroatoms.